The molecule has 0 amide bonds. The van der Waals surface area contributed by atoms with Gasteiger partial charge in [0, 0.05) is 12.3 Å². The van der Waals surface area contributed by atoms with Crippen molar-refractivity contribution in [3.8, 4) is 0 Å². The minimum atomic E-state index is -2.38. The van der Waals surface area contributed by atoms with E-state index in [2.05, 4.69) is 12.2 Å². The van der Waals surface area contributed by atoms with E-state index in [4.69, 9.17) is 4.52 Å². The van der Waals surface area contributed by atoms with Gasteiger partial charge in [-0.3, -0.25) is 4.57 Å². The van der Waals surface area contributed by atoms with E-state index < -0.39 is 7.37 Å². The molecule has 16 heavy (non-hydrogen) atoms. The molecule has 3 heteroatoms. The van der Waals surface area contributed by atoms with Crippen molar-refractivity contribution < 1.29 is 9.09 Å². The van der Waals surface area contributed by atoms with Crippen LogP contribution in [0.15, 0.2) is 42.5 Å². The maximum absolute atomic E-state index is 12.4. The molecular formula is C13H17O2P. The van der Waals surface area contributed by atoms with E-state index in [0.29, 0.717) is 18.9 Å². The number of benzene rings is 1. The van der Waals surface area contributed by atoms with Gasteiger partial charge in [-0.05, 0) is 18.4 Å². The minimum absolute atomic E-state index is 0.470. The molecular weight excluding hydrogens is 219 g/mol. The second-order valence-electron chi connectivity index (χ2n) is 4.07. The zero-order valence-corrected chi connectivity index (χ0v) is 10.2. The Labute approximate surface area is 96.8 Å². The highest BCUT2D eigenvalue weighted by Crippen LogP contribution is 2.49. The third kappa shape index (κ3) is 3.33. The first-order valence-corrected chi connectivity index (χ1v) is 7.70. The van der Waals surface area contributed by atoms with Crippen molar-refractivity contribution in [3.05, 3.63) is 48.0 Å². The van der Waals surface area contributed by atoms with Crippen LogP contribution in [0.4, 0.5) is 0 Å². The Bertz CT molecular complexity index is 384. The highest BCUT2D eigenvalue weighted by molar-refractivity contribution is 7.58. The monoisotopic (exact) mass is 236 g/mol. The van der Waals surface area contributed by atoms with Gasteiger partial charge >= 0.3 is 0 Å². The van der Waals surface area contributed by atoms with Crippen molar-refractivity contribution in [3.63, 3.8) is 0 Å². The Morgan fingerprint density at radius 1 is 1.06 bits per heavy atom. The lowest BCUT2D eigenvalue weighted by Crippen LogP contribution is -1.98. The van der Waals surface area contributed by atoms with Gasteiger partial charge in [0.15, 0.2) is 0 Å². The maximum Gasteiger partial charge on any atom is 0.204 e. The van der Waals surface area contributed by atoms with Gasteiger partial charge in [0.25, 0.3) is 0 Å². The lowest BCUT2D eigenvalue weighted by Gasteiger charge is -2.16. The summed E-state index contributed by atoms with van der Waals surface area (Å²) in [6.45, 7) is 0.470. The number of rotatable bonds is 3. The molecule has 0 saturated heterocycles. The molecule has 0 radical (unpaired) electrons. The molecule has 86 valence electrons. The molecule has 2 nitrogen and oxygen atoms in total. The Balaban J connectivity index is 1.92. The normalized spacial score (nSPS) is 19.2. The van der Waals surface area contributed by atoms with Crippen molar-refractivity contribution in [1.29, 1.82) is 0 Å². The SMILES string of the molecule is O=P1(OCc2ccccc2)CCC=CCC1. The van der Waals surface area contributed by atoms with Crippen LogP contribution in [0, 0.1) is 0 Å². The molecule has 1 aromatic rings. The predicted molar refractivity (Wildman–Crippen MR) is 66.9 cm³/mol. The van der Waals surface area contributed by atoms with E-state index in [1.165, 1.54) is 0 Å². The second kappa shape index (κ2) is 5.47. The molecule has 1 aliphatic heterocycles. The van der Waals surface area contributed by atoms with Crippen LogP contribution in [0.5, 0.6) is 0 Å². The topological polar surface area (TPSA) is 26.3 Å². The maximum atomic E-state index is 12.4. The molecule has 1 aromatic carbocycles. The summed E-state index contributed by atoms with van der Waals surface area (Å²) in [6, 6.07) is 9.93. The van der Waals surface area contributed by atoms with E-state index in [-0.39, 0.29) is 0 Å². The zero-order chi connectivity index (χ0) is 11.3. The van der Waals surface area contributed by atoms with Crippen LogP contribution in [0.25, 0.3) is 0 Å². The Hall–Kier alpha value is -0.850. The van der Waals surface area contributed by atoms with Crippen LogP contribution >= 0.6 is 7.37 Å². The van der Waals surface area contributed by atoms with Crippen LogP contribution in [0.1, 0.15) is 18.4 Å². The molecule has 0 N–H and O–H groups in total. The largest absolute Gasteiger partial charge is 0.324 e. The first-order chi connectivity index (χ1) is 7.79. The summed E-state index contributed by atoms with van der Waals surface area (Å²) in [5.41, 5.74) is 1.09. The van der Waals surface area contributed by atoms with Crippen LogP contribution in [-0.2, 0) is 15.7 Å². The third-order valence-corrected chi connectivity index (χ3v) is 5.23. The van der Waals surface area contributed by atoms with E-state index >= 15 is 0 Å². The molecule has 0 saturated carbocycles. The molecule has 0 fully saturated rings. The molecule has 0 atom stereocenters. The molecule has 0 unspecified atom stereocenters. The molecule has 0 bridgehead atoms. The van der Waals surface area contributed by atoms with Crippen molar-refractivity contribution in [2.24, 2.45) is 0 Å². The smallest absolute Gasteiger partial charge is 0.204 e. The van der Waals surface area contributed by atoms with Crippen LogP contribution in [0.3, 0.4) is 0 Å². The summed E-state index contributed by atoms with van der Waals surface area (Å²) in [6.07, 6.45) is 7.35. The van der Waals surface area contributed by atoms with E-state index in [0.717, 1.165) is 18.4 Å². The standard InChI is InChI=1S/C13H17O2P/c14-16(10-6-1-2-7-11-16)15-12-13-8-4-3-5-9-13/h1-5,8-9H,6-7,10-12H2. The average Bonchev–Trinajstić information content (AvgIpc) is 2.54. The van der Waals surface area contributed by atoms with E-state index in [9.17, 15) is 4.57 Å². The fourth-order valence-electron chi connectivity index (χ4n) is 1.79. The van der Waals surface area contributed by atoms with Gasteiger partial charge in [-0.2, -0.15) is 0 Å². The molecule has 0 spiro atoms. The van der Waals surface area contributed by atoms with Gasteiger partial charge in [-0.25, -0.2) is 0 Å². The van der Waals surface area contributed by atoms with Crippen LogP contribution < -0.4 is 0 Å². The highest BCUT2D eigenvalue weighted by Gasteiger charge is 2.22. The summed E-state index contributed by atoms with van der Waals surface area (Å²) in [4.78, 5) is 0. The fourth-order valence-corrected chi connectivity index (χ4v) is 3.74. The number of allylic oxidation sites excluding steroid dienone is 2. The lowest BCUT2D eigenvalue weighted by atomic mass is 10.2. The van der Waals surface area contributed by atoms with Crippen LogP contribution in [-0.4, -0.2) is 12.3 Å². The van der Waals surface area contributed by atoms with Gasteiger partial charge in [0.1, 0.15) is 0 Å². The van der Waals surface area contributed by atoms with Crippen molar-refractivity contribution in [2.45, 2.75) is 19.4 Å². The minimum Gasteiger partial charge on any atom is -0.324 e. The van der Waals surface area contributed by atoms with Gasteiger partial charge in [0.2, 0.25) is 7.37 Å². The van der Waals surface area contributed by atoms with Gasteiger partial charge < -0.3 is 4.52 Å². The zero-order valence-electron chi connectivity index (χ0n) is 9.34. The summed E-state index contributed by atoms with van der Waals surface area (Å²) in [5.74, 6) is 0. The summed E-state index contributed by atoms with van der Waals surface area (Å²) >= 11 is 0. The quantitative estimate of drug-likeness (QED) is 0.589. The Kier molecular flexibility index (Phi) is 3.98. The summed E-state index contributed by atoms with van der Waals surface area (Å²) in [7, 11) is -2.38. The van der Waals surface area contributed by atoms with Gasteiger partial charge in [-0.15, -0.1) is 0 Å². The van der Waals surface area contributed by atoms with Gasteiger partial charge in [0.05, 0.1) is 6.61 Å². The summed E-state index contributed by atoms with van der Waals surface area (Å²) in [5, 5.41) is 0. The molecule has 1 aliphatic rings. The Morgan fingerprint density at radius 3 is 2.31 bits per heavy atom. The van der Waals surface area contributed by atoms with E-state index in [1.807, 2.05) is 30.3 Å². The molecule has 1 heterocycles. The first kappa shape index (κ1) is 11.6. The molecule has 2 rings (SSSR count). The molecule has 0 aliphatic carbocycles. The van der Waals surface area contributed by atoms with Crippen LogP contribution in [0.2, 0.25) is 0 Å². The number of hydrogen-bond donors (Lipinski definition) is 0. The van der Waals surface area contributed by atoms with Crippen molar-refractivity contribution >= 4 is 7.37 Å². The van der Waals surface area contributed by atoms with Crippen molar-refractivity contribution in [2.75, 3.05) is 12.3 Å². The third-order valence-electron chi connectivity index (χ3n) is 2.75. The van der Waals surface area contributed by atoms with Gasteiger partial charge in [-0.1, -0.05) is 42.5 Å². The van der Waals surface area contributed by atoms with Crippen molar-refractivity contribution in [1.82, 2.24) is 0 Å². The summed E-state index contributed by atoms with van der Waals surface area (Å²) < 4.78 is 18.0. The Morgan fingerprint density at radius 2 is 1.69 bits per heavy atom. The number of hydrogen-bond acceptors (Lipinski definition) is 2. The fraction of sp³-hybridized carbons (Fsp3) is 0.385. The lowest BCUT2D eigenvalue weighted by molar-refractivity contribution is 0.303. The highest BCUT2D eigenvalue weighted by atomic mass is 31.2. The predicted octanol–water partition coefficient (Wildman–Crippen LogP) is 3.83. The van der Waals surface area contributed by atoms with E-state index in [1.54, 1.807) is 0 Å². The first-order valence-electron chi connectivity index (χ1n) is 5.70. The average molecular weight is 236 g/mol. The second-order valence-corrected chi connectivity index (χ2v) is 6.85. The molecule has 0 aromatic heterocycles.